The molecule has 12 heteroatoms. The van der Waals surface area contributed by atoms with Crippen LogP contribution in [0.4, 0.5) is 39.5 Å². The Balaban J connectivity index is 1.18. The molecule has 0 N–H and O–H groups in total. The number of hydrogen-bond donors (Lipinski definition) is 0. The van der Waals surface area contributed by atoms with E-state index in [1.54, 1.807) is 32.9 Å². The molecule has 0 atom stereocenters. The molecule has 0 fully saturated rings. The largest absolute Gasteiger partial charge is 0.416 e. The maximum Gasteiger partial charge on any atom is 0.416 e. The van der Waals surface area contributed by atoms with E-state index in [0.717, 1.165) is 80.0 Å². The van der Waals surface area contributed by atoms with E-state index in [0.29, 0.717) is 78.1 Å². The Hall–Kier alpha value is -8.56. The van der Waals surface area contributed by atoms with Gasteiger partial charge in [0.25, 0.3) is 0 Å². The molecule has 0 aliphatic rings. The Labute approximate surface area is 412 Å². The highest BCUT2D eigenvalue weighted by Crippen LogP contribution is 2.45. The molecule has 0 bridgehead atoms. The summed E-state index contributed by atoms with van der Waals surface area (Å²) in [4.78, 5) is 0. The zero-order chi connectivity index (χ0) is 51.3. The van der Waals surface area contributed by atoms with Gasteiger partial charge in [0.1, 0.15) is 0 Å². The molecule has 9 aromatic carbocycles. The second-order valence-corrected chi connectivity index (χ2v) is 18.3. The summed E-state index contributed by atoms with van der Waals surface area (Å²) in [5, 5.41) is 13.9. The number of nitrogens with zero attached hydrogens (tertiary/aromatic N) is 3. The number of fused-ring (bicyclic) bond motifs is 6. The summed E-state index contributed by atoms with van der Waals surface area (Å²) >= 11 is 0. The van der Waals surface area contributed by atoms with Crippen molar-refractivity contribution in [3.05, 3.63) is 215 Å². The number of halogens is 9. The van der Waals surface area contributed by atoms with E-state index in [-0.39, 0.29) is 0 Å². The van der Waals surface area contributed by atoms with Gasteiger partial charge in [-0.05, 0) is 174 Å². The van der Waals surface area contributed by atoms with Gasteiger partial charge in [-0.1, -0.05) is 72.8 Å². The molecule has 0 amide bonds. The van der Waals surface area contributed by atoms with Crippen LogP contribution in [0.2, 0.25) is 0 Å². The molecule has 360 valence electrons. The van der Waals surface area contributed by atoms with Gasteiger partial charge in [0.2, 0.25) is 0 Å². The monoisotopic (exact) mass is 983 g/mol. The number of nitriles is 1. The van der Waals surface area contributed by atoms with Crippen LogP contribution in [0.25, 0.3) is 99.5 Å². The Morgan fingerprint density at radius 1 is 0.342 bits per heavy atom. The van der Waals surface area contributed by atoms with Crippen molar-refractivity contribution in [3.8, 4) is 62.0 Å². The molecule has 0 aliphatic carbocycles. The highest BCUT2D eigenvalue weighted by molar-refractivity contribution is 6.13. The summed E-state index contributed by atoms with van der Waals surface area (Å²) in [5.41, 5.74) is 8.89. The zero-order valence-corrected chi connectivity index (χ0v) is 39.0. The number of benzene rings is 9. The third-order valence-corrected chi connectivity index (χ3v) is 13.8. The molecule has 11 aromatic rings. The average Bonchev–Trinajstić information content (AvgIpc) is 3.87. The second kappa shape index (κ2) is 17.1. The molecule has 0 aliphatic heterocycles. The number of hydrogen-bond acceptors (Lipinski definition) is 1. The number of alkyl halides is 9. The topological polar surface area (TPSA) is 33.6 Å². The van der Waals surface area contributed by atoms with Crippen LogP contribution in [0.1, 0.15) is 38.9 Å². The van der Waals surface area contributed by atoms with Crippen LogP contribution in [0.3, 0.4) is 0 Å². The molecule has 0 unspecified atom stereocenters. The molecule has 2 heterocycles. The van der Waals surface area contributed by atoms with E-state index >= 15 is 0 Å². The molecule has 11 rings (SSSR count). The first-order chi connectivity index (χ1) is 34.8. The summed E-state index contributed by atoms with van der Waals surface area (Å²) in [6, 6.07) is 51.4. The minimum atomic E-state index is -4.56. The van der Waals surface area contributed by atoms with Gasteiger partial charge in [0.15, 0.2) is 0 Å². The van der Waals surface area contributed by atoms with Crippen molar-refractivity contribution < 1.29 is 39.5 Å². The highest BCUT2D eigenvalue weighted by atomic mass is 19.4. The van der Waals surface area contributed by atoms with Crippen molar-refractivity contribution in [2.75, 3.05) is 0 Å². The fraction of sp³-hybridized carbons (Fsp3) is 0.0984. The molecular weight excluding hydrogens is 946 g/mol. The molecular formula is C61H38F9N3. The van der Waals surface area contributed by atoms with Crippen molar-refractivity contribution in [1.82, 2.24) is 9.13 Å². The van der Waals surface area contributed by atoms with Gasteiger partial charge >= 0.3 is 18.5 Å². The lowest BCUT2D eigenvalue weighted by molar-refractivity contribution is -0.138. The van der Waals surface area contributed by atoms with Crippen molar-refractivity contribution in [1.29, 1.82) is 5.26 Å². The minimum absolute atomic E-state index is 0.334. The predicted molar refractivity (Wildman–Crippen MR) is 271 cm³/mol. The molecule has 3 nitrogen and oxygen atoms in total. The van der Waals surface area contributed by atoms with Crippen LogP contribution in [-0.2, 0) is 18.5 Å². The normalized spacial score (nSPS) is 12.4. The molecule has 0 spiro atoms. The lowest BCUT2D eigenvalue weighted by Crippen LogP contribution is -2.05. The van der Waals surface area contributed by atoms with Crippen molar-refractivity contribution in [2.24, 2.45) is 0 Å². The highest BCUT2D eigenvalue weighted by Gasteiger charge is 2.33. The van der Waals surface area contributed by atoms with E-state index in [4.69, 9.17) is 0 Å². The van der Waals surface area contributed by atoms with Crippen molar-refractivity contribution in [3.63, 3.8) is 0 Å². The Morgan fingerprint density at radius 2 is 0.699 bits per heavy atom. The van der Waals surface area contributed by atoms with Gasteiger partial charge < -0.3 is 9.13 Å². The third-order valence-electron chi connectivity index (χ3n) is 13.8. The smallest absolute Gasteiger partial charge is 0.309 e. The maximum atomic E-state index is 14.0. The summed E-state index contributed by atoms with van der Waals surface area (Å²) in [6.45, 7) is 4.92. The molecule has 2 aromatic heterocycles. The maximum absolute atomic E-state index is 14.0. The van der Waals surface area contributed by atoms with Gasteiger partial charge in [-0.25, -0.2) is 0 Å². The first-order valence-electron chi connectivity index (χ1n) is 23.1. The summed E-state index contributed by atoms with van der Waals surface area (Å²) < 4.78 is 128. The second-order valence-electron chi connectivity index (χ2n) is 18.3. The van der Waals surface area contributed by atoms with Crippen molar-refractivity contribution >= 4 is 43.6 Å². The van der Waals surface area contributed by atoms with Crippen LogP contribution in [0.15, 0.2) is 176 Å². The molecule has 0 radical (unpaired) electrons. The van der Waals surface area contributed by atoms with Gasteiger partial charge in [-0.15, -0.1) is 0 Å². The van der Waals surface area contributed by atoms with E-state index in [9.17, 15) is 44.8 Å². The van der Waals surface area contributed by atoms with E-state index in [1.165, 1.54) is 18.2 Å². The Bertz CT molecular complexity index is 4100. The fourth-order valence-electron chi connectivity index (χ4n) is 10.4. The predicted octanol–water partition coefficient (Wildman–Crippen LogP) is 18.4. The lowest BCUT2D eigenvalue weighted by atomic mass is 9.92. The average molecular weight is 984 g/mol. The van der Waals surface area contributed by atoms with E-state index in [1.807, 2.05) is 109 Å². The van der Waals surface area contributed by atoms with Crippen LogP contribution < -0.4 is 0 Å². The SMILES string of the molecule is Cc1cc(C(F)(F)F)ccc1-c1ccc(-n2c3ccccc3c3cc(-c4ccc(C(F)(F)F)cc4C)ccc32)c(-c2cc(C#N)ccc2-n2c3ccccc3c3cc(-c4ccc(C(F)(F)F)cc4C)ccc32)c1. The number of para-hydroxylation sites is 2. The third kappa shape index (κ3) is 8.05. The molecule has 0 saturated carbocycles. The van der Waals surface area contributed by atoms with Crippen LogP contribution in [-0.4, -0.2) is 9.13 Å². The van der Waals surface area contributed by atoms with Crippen LogP contribution in [0, 0.1) is 32.1 Å². The van der Waals surface area contributed by atoms with Crippen LogP contribution in [0.5, 0.6) is 0 Å². The summed E-state index contributed by atoms with van der Waals surface area (Å²) in [5.74, 6) is 0. The number of aromatic nitrogens is 2. The van der Waals surface area contributed by atoms with Gasteiger partial charge in [-0.2, -0.15) is 44.8 Å². The van der Waals surface area contributed by atoms with Crippen molar-refractivity contribution in [2.45, 2.75) is 39.3 Å². The van der Waals surface area contributed by atoms with E-state index in [2.05, 4.69) is 15.2 Å². The first kappa shape index (κ1) is 46.8. The van der Waals surface area contributed by atoms with Gasteiger partial charge in [0.05, 0.1) is 61.8 Å². The van der Waals surface area contributed by atoms with Gasteiger partial charge in [-0.3, -0.25) is 0 Å². The fourth-order valence-corrected chi connectivity index (χ4v) is 10.4. The number of rotatable bonds is 6. The van der Waals surface area contributed by atoms with Gasteiger partial charge in [0, 0.05) is 32.7 Å². The van der Waals surface area contributed by atoms with Crippen LogP contribution >= 0.6 is 0 Å². The molecule has 0 saturated heterocycles. The Morgan fingerprint density at radius 3 is 1.10 bits per heavy atom. The minimum Gasteiger partial charge on any atom is -0.309 e. The summed E-state index contributed by atoms with van der Waals surface area (Å²) in [7, 11) is 0. The number of aryl methyl sites for hydroxylation is 3. The quantitative estimate of drug-likeness (QED) is 0.153. The lowest BCUT2D eigenvalue weighted by Gasteiger charge is -2.21. The zero-order valence-electron chi connectivity index (χ0n) is 39.0. The molecule has 73 heavy (non-hydrogen) atoms. The van der Waals surface area contributed by atoms with E-state index < -0.39 is 35.2 Å². The first-order valence-corrected chi connectivity index (χ1v) is 23.1. The standard InChI is InChI=1S/C61H38F9N3/c1-34-26-41(59(62,63)64)16-19-44(34)38-13-23-56-50(30-38)47-8-4-6-10-53(47)72(56)55-22-12-37(33-71)29-49(55)52-32-40(46-21-18-43(28-36(46)3)61(68,69)70)15-25-58(52)73-54-11-7-5-9-48(54)51-31-39(14-24-57(51)73)45-20-17-42(27-35(45)2)60(65,66)67/h4-32H,1-3H3. The Kier molecular flexibility index (Phi) is 10.9. The summed E-state index contributed by atoms with van der Waals surface area (Å²) in [6.07, 6.45) is -13.6.